The van der Waals surface area contributed by atoms with Gasteiger partial charge in [0, 0.05) is 16.6 Å². The Hall–Kier alpha value is -1.55. The standard InChI is InChI=1S/C13H15ClN2O2/c1-8-2-5-10(6-11(8)14)16-12(17)7-15-13(18)9-3-4-9/h2,5-6,9H,3-4,7H2,1H3,(H,15,18)(H,16,17). The van der Waals surface area contributed by atoms with E-state index in [2.05, 4.69) is 10.6 Å². The molecule has 0 spiro atoms. The van der Waals surface area contributed by atoms with E-state index in [1.165, 1.54) is 0 Å². The Morgan fingerprint density at radius 1 is 1.39 bits per heavy atom. The smallest absolute Gasteiger partial charge is 0.243 e. The second-order valence-electron chi connectivity index (χ2n) is 4.50. The lowest BCUT2D eigenvalue weighted by Gasteiger charge is -2.07. The number of anilines is 1. The van der Waals surface area contributed by atoms with Crippen LogP contribution in [0.15, 0.2) is 18.2 Å². The van der Waals surface area contributed by atoms with Crippen LogP contribution < -0.4 is 10.6 Å². The van der Waals surface area contributed by atoms with E-state index >= 15 is 0 Å². The van der Waals surface area contributed by atoms with Crippen molar-refractivity contribution in [1.29, 1.82) is 0 Å². The van der Waals surface area contributed by atoms with Crippen LogP contribution in [-0.4, -0.2) is 18.4 Å². The summed E-state index contributed by atoms with van der Waals surface area (Å²) in [6.45, 7) is 1.89. The van der Waals surface area contributed by atoms with Crippen molar-refractivity contribution in [2.75, 3.05) is 11.9 Å². The lowest BCUT2D eigenvalue weighted by molar-refractivity contribution is -0.125. The molecule has 4 nitrogen and oxygen atoms in total. The highest BCUT2D eigenvalue weighted by Gasteiger charge is 2.29. The summed E-state index contributed by atoms with van der Waals surface area (Å²) in [5, 5.41) is 5.90. The highest BCUT2D eigenvalue weighted by Crippen LogP contribution is 2.28. The Bertz CT molecular complexity index is 484. The second kappa shape index (κ2) is 5.40. The lowest BCUT2D eigenvalue weighted by Crippen LogP contribution is -2.33. The van der Waals surface area contributed by atoms with E-state index in [9.17, 15) is 9.59 Å². The maximum atomic E-state index is 11.6. The van der Waals surface area contributed by atoms with Gasteiger partial charge in [-0.2, -0.15) is 0 Å². The molecular formula is C13H15ClN2O2. The second-order valence-corrected chi connectivity index (χ2v) is 4.91. The zero-order chi connectivity index (χ0) is 13.1. The Morgan fingerprint density at radius 2 is 2.11 bits per heavy atom. The summed E-state index contributed by atoms with van der Waals surface area (Å²) in [5.74, 6) is -0.164. The Balaban J connectivity index is 1.82. The van der Waals surface area contributed by atoms with E-state index in [-0.39, 0.29) is 24.3 Å². The van der Waals surface area contributed by atoms with Crippen molar-refractivity contribution in [3.63, 3.8) is 0 Å². The van der Waals surface area contributed by atoms with Crippen LogP contribution >= 0.6 is 11.6 Å². The average molecular weight is 267 g/mol. The third-order valence-corrected chi connectivity index (χ3v) is 3.23. The van der Waals surface area contributed by atoms with Gasteiger partial charge in [-0.05, 0) is 37.5 Å². The van der Waals surface area contributed by atoms with Gasteiger partial charge >= 0.3 is 0 Å². The molecule has 1 aliphatic rings. The fraction of sp³-hybridized carbons (Fsp3) is 0.385. The summed E-state index contributed by atoms with van der Waals surface area (Å²) in [5.41, 5.74) is 1.59. The molecule has 0 heterocycles. The van der Waals surface area contributed by atoms with Crippen LogP contribution in [0.5, 0.6) is 0 Å². The van der Waals surface area contributed by atoms with Crippen molar-refractivity contribution in [3.8, 4) is 0 Å². The van der Waals surface area contributed by atoms with Crippen LogP contribution in [0, 0.1) is 12.8 Å². The first-order valence-electron chi connectivity index (χ1n) is 5.90. The highest BCUT2D eigenvalue weighted by atomic mass is 35.5. The van der Waals surface area contributed by atoms with E-state index in [4.69, 9.17) is 11.6 Å². The number of aryl methyl sites for hydroxylation is 1. The molecule has 2 amide bonds. The van der Waals surface area contributed by atoms with Gasteiger partial charge < -0.3 is 10.6 Å². The van der Waals surface area contributed by atoms with Crippen LogP contribution in [0.25, 0.3) is 0 Å². The number of halogens is 1. The Kier molecular flexibility index (Phi) is 3.87. The summed E-state index contributed by atoms with van der Waals surface area (Å²) >= 11 is 5.95. The molecule has 5 heteroatoms. The molecule has 96 valence electrons. The van der Waals surface area contributed by atoms with Gasteiger partial charge in [0.1, 0.15) is 0 Å². The third-order valence-electron chi connectivity index (χ3n) is 2.83. The van der Waals surface area contributed by atoms with Crippen molar-refractivity contribution >= 4 is 29.1 Å². The SMILES string of the molecule is Cc1ccc(NC(=O)CNC(=O)C2CC2)cc1Cl. The molecule has 1 aromatic carbocycles. The number of nitrogens with one attached hydrogen (secondary N) is 2. The van der Waals surface area contributed by atoms with Gasteiger partial charge in [0.25, 0.3) is 0 Å². The predicted octanol–water partition coefficient (Wildman–Crippen LogP) is 2.11. The molecular weight excluding hydrogens is 252 g/mol. The molecule has 0 radical (unpaired) electrons. The van der Waals surface area contributed by atoms with Gasteiger partial charge in [-0.15, -0.1) is 0 Å². The number of hydrogen-bond acceptors (Lipinski definition) is 2. The Morgan fingerprint density at radius 3 is 2.72 bits per heavy atom. The number of amides is 2. The van der Waals surface area contributed by atoms with Gasteiger partial charge in [-0.25, -0.2) is 0 Å². The zero-order valence-corrected chi connectivity index (χ0v) is 10.9. The molecule has 2 rings (SSSR count). The number of hydrogen-bond donors (Lipinski definition) is 2. The molecule has 0 unspecified atom stereocenters. The maximum absolute atomic E-state index is 11.6. The van der Waals surface area contributed by atoms with Crippen LogP contribution in [0.1, 0.15) is 18.4 Å². The van der Waals surface area contributed by atoms with E-state index in [1.807, 2.05) is 13.0 Å². The van der Waals surface area contributed by atoms with Crippen LogP contribution in [0.4, 0.5) is 5.69 Å². The van der Waals surface area contributed by atoms with E-state index in [0.29, 0.717) is 10.7 Å². The summed E-state index contributed by atoms with van der Waals surface area (Å²) < 4.78 is 0. The van der Waals surface area contributed by atoms with E-state index in [0.717, 1.165) is 18.4 Å². The summed E-state index contributed by atoms with van der Waals surface area (Å²) in [4.78, 5) is 22.9. The zero-order valence-electron chi connectivity index (χ0n) is 10.1. The van der Waals surface area contributed by atoms with Crippen molar-refractivity contribution in [3.05, 3.63) is 28.8 Å². The van der Waals surface area contributed by atoms with Crippen molar-refractivity contribution < 1.29 is 9.59 Å². The fourth-order valence-corrected chi connectivity index (χ4v) is 1.71. The molecule has 0 atom stereocenters. The molecule has 1 aromatic rings. The first-order valence-corrected chi connectivity index (χ1v) is 6.28. The molecule has 0 saturated heterocycles. The molecule has 18 heavy (non-hydrogen) atoms. The van der Waals surface area contributed by atoms with Crippen LogP contribution in [0.2, 0.25) is 5.02 Å². The normalized spacial score (nSPS) is 14.1. The van der Waals surface area contributed by atoms with Gasteiger partial charge in [0.2, 0.25) is 11.8 Å². The topological polar surface area (TPSA) is 58.2 Å². The monoisotopic (exact) mass is 266 g/mol. The van der Waals surface area contributed by atoms with Crippen LogP contribution in [-0.2, 0) is 9.59 Å². The van der Waals surface area contributed by atoms with Crippen molar-refractivity contribution in [2.45, 2.75) is 19.8 Å². The van der Waals surface area contributed by atoms with Crippen LogP contribution in [0.3, 0.4) is 0 Å². The predicted molar refractivity (Wildman–Crippen MR) is 70.6 cm³/mol. The molecule has 0 bridgehead atoms. The van der Waals surface area contributed by atoms with Gasteiger partial charge in [0.15, 0.2) is 0 Å². The molecule has 2 N–H and O–H groups in total. The van der Waals surface area contributed by atoms with Gasteiger partial charge in [-0.3, -0.25) is 9.59 Å². The summed E-state index contributed by atoms with van der Waals surface area (Å²) in [6.07, 6.45) is 1.86. The minimum absolute atomic E-state index is 0.000822. The highest BCUT2D eigenvalue weighted by molar-refractivity contribution is 6.31. The maximum Gasteiger partial charge on any atom is 0.243 e. The molecule has 1 saturated carbocycles. The number of benzene rings is 1. The fourth-order valence-electron chi connectivity index (χ4n) is 1.53. The van der Waals surface area contributed by atoms with Gasteiger partial charge in [0.05, 0.1) is 6.54 Å². The molecule has 0 aliphatic heterocycles. The first-order chi connectivity index (χ1) is 8.56. The average Bonchev–Trinajstić information content (AvgIpc) is 3.15. The van der Waals surface area contributed by atoms with Gasteiger partial charge in [-0.1, -0.05) is 17.7 Å². The van der Waals surface area contributed by atoms with Crippen molar-refractivity contribution in [1.82, 2.24) is 5.32 Å². The van der Waals surface area contributed by atoms with E-state index in [1.54, 1.807) is 12.1 Å². The summed E-state index contributed by atoms with van der Waals surface area (Å²) in [6, 6.07) is 5.31. The number of carbonyl (C=O) groups excluding carboxylic acids is 2. The minimum atomic E-state index is -0.246. The van der Waals surface area contributed by atoms with E-state index < -0.39 is 0 Å². The largest absolute Gasteiger partial charge is 0.347 e. The minimum Gasteiger partial charge on any atom is -0.347 e. The quantitative estimate of drug-likeness (QED) is 0.877. The lowest BCUT2D eigenvalue weighted by atomic mass is 10.2. The Labute approximate surface area is 111 Å². The summed E-state index contributed by atoms with van der Waals surface area (Å²) in [7, 11) is 0. The number of carbonyl (C=O) groups is 2. The molecule has 1 fully saturated rings. The molecule has 0 aromatic heterocycles. The van der Waals surface area contributed by atoms with Crippen molar-refractivity contribution in [2.24, 2.45) is 5.92 Å². The molecule has 1 aliphatic carbocycles. The number of rotatable bonds is 4. The third kappa shape index (κ3) is 3.47. The first kappa shape index (κ1) is 12.9.